The summed E-state index contributed by atoms with van der Waals surface area (Å²) in [7, 11) is 1.63. The Morgan fingerprint density at radius 1 is 1.32 bits per heavy atom. The van der Waals surface area contributed by atoms with Crippen LogP contribution in [0.25, 0.3) is 0 Å². The zero-order valence-corrected chi connectivity index (χ0v) is 15.5. The summed E-state index contributed by atoms with van der Waals surface area (Å²) in [5, 5.41) is 9.66. The molecule has 25 heavy (non-hydrogen) atoms. The third-order valence-corrected chi connectivity index (χ3v) is 5.82. The first-order chi connectivity index (χ1) is 11.9. The molecule has 0 aliphatic carbocycles. The molecule has 3 rings (SSSR count). The van der Waals surface area contributed by atoms with E-state index < -0.39 is 11.4 Å². The van der Waals surface area contributed by atoms with E-state index in [0.717, 1.165) is 32.0 Å². The molecule has 0 unspecified atom stereocenters. The van der Waals surface area contributed by atoms with E-state index >= 15 is 0 Å². The summed E-state index contributed by atoms with van der Waals surface area (Å²) in [4.78, 5) is 14.1. The Kier molecular flexibility index (Phi) is 5.07. The number of hydrogen-bond donors (Lipinski definition) is 1. The molecule has 1 aromatic carbocycles. The van der Waals surface area contributed by atoms with Crippen molar-refractivity contribution in [1.82, 2.24) is 4.90 Å². The van der Waals surface area contributed by atoms with Crippen LogP contribution in [0.1, 0.15) is 44.2 Å². The van der Waals surface area contributed by atoms with E-state index in [-0.39, 0.29) is 5.41 Å². The topological polar surface area (TPSA) is 59.0 Å². The van der Waals surface area contributed by atoms with Crippen LogP contribution < -0.4 is 4.74 Å². The van der Waals surface area contributed by atoms with Gasteiger partial charge in [0, 0.05) is 31.2 Å². The van der Waals surface area contributed by atoms with Crippen LogP contribution in [0.3, 0.4) is 0 Å². The van der Waals surface area contributed by atoms with Gasteiger partial charge in [-0.25, -0.2) is 0 Å². The highest BCUT2D eigenvalue weighted by Crippen LogP contribution is 2.39. The Morgan fingerprint density at radius 2 is 2.04 bits per heavy atom. The minimum Gasteiger partial charge on any atom is -0.492 e. The molecule has 1 saturated heterocycles. The summed E-state index contributed by atoms with van der Waals surface area (Å²) in [6.07, 6.45) is 1.95. The Hall–Kier alpha value is -1.59. The van der Waals surface area contributed by atoms with E-state index in [1.165, 1.54) is 11.1 Å². The monoisotopic (exact) mass is 347 g/mol. The molecule has 0 aromatic heterocycles. The van der Waals surface area contributed by atoms with Gasteiger partial charge < -0.3 is 14.6 Å². The van der Waals surface area contributed by atoms with Crippen LogP contribution in [0.5, 0.6) is 5.75 Å². The second-order valence-electron chi connectivity index (χ2n) is 8.11. The molecule has 0 amide bonds. The summed E-state index contributed by atoms with van der Waals surface area (Å²) in [6.45, 7) is 8.10. The van der Waals surface area contributed by atoms with Crippen molar-refractivity contribution in [2.45, 2.75) is 45.1 Å². The number of methoxy groups -OCH3 is 1. The lowest BCUT2D eigenvalue weighted by Gasteiger charge is -2.38. The first-order valence-electron chi connectivity index (χ1n) is 9.07. The lowest BCUT2D eigenvalue weighted by atomic mass is 9.76. The van der Waals surface area contributed by atoms with Gasteiger partial charge in [-0.3, -0.25) is 9.69 Å². The van der Waals surface area contributed by atoms with Gasteiger partial charge in [-0.1, -0.05) is 26.0 Å². The van der Waals surface area contributed by atoms with Crippen molar-refractivity contribution >= 4 is 5.97 Å². The summed E-state index contributed by atoms with van der Waals surface area (Å²) in [5.74, 6) is 0.317. The van der Waals surface area contributed by atoms with E-state index in [1.54, 1.807) is 7.11 Å². The molecule has 0 radical (unpaired) electrons. The zero-order chi connectivity index (χ0) is 18.1. The average Bonchev–Trinajstić information content (AvgIpc) is 2.89. The fourth-order valence-electron chi connectivity index (χ4n) is 3.95. The number of ether oxygens (including phenoxy) is 2. The predicted octanol–water partition coefficient (Wildman–Crippen LogP) is 3.06. The summed E-state index contributed by atoms with van der Waals surface area (Å²) in [5.41, 5.74) is 1.97. The Bertz CT molecular complexity index is 633. The quantitative estimate of drug-likeness (QED) is 0.857. The standard InChI is InChI=1S/C20H29NO4/c1-19(2)14-25-17-12-15(4-5-16(17)19)13-21-9-6-20(7-10-21,18(22)23)8-11-24-3/h4-5,12H,6-11,13-14H2,1-3H3,(H,22,23). The molecule has 2 aliphatic heterocycles. The van der Waals surface area contributed by atoms with Crippen molar-refractivity contribution in [3.8, 4) is 5.75 Å². The molecule has 1 aromatic rings. The van der Waals surface area contributed by atoms with Crippen molar-refractivity contribution < 1.29 is 19.4 Å². The molecule has 0 bridgehead atoms. The molecule has 0 atom stereocenters. The third kappa shape index (κ3) is 3.67. The van der Waals surface area contributed by atoms with Crippen LogP contribution in [-0.4, -0.2) is 49.4 Å². The highest BCUT2D eigenvalue weighted by atomic mass is 16.5. The first-order valence-corrected chi connectivity index (χ1v) is 9.07. The fraction of sp³-hybridized carbons (Fsp3) is 0.650. The lowest BCUT2D eigenvalue weighted by Crippen LogP contribution is -2.44. The van der Waals surface area contributed by atoms with Crippen LogP contribution >= 0.6 is 0 Å². The Labute approximate surface area is 149 Å². The highest BCUT2D eigenvalue weighted by molar-refractivity contribution is 5.74. The van der Waals surface area contributed by atoms with Crippen LogP contribution in [0.4, 0.5) is 0 Å². The van der Waals surface area contributed by atoms with E-state index in [9.17, 15) is 9.90 Å². The number of carboxylic acids is 1. The Balaban J connectivity index is 1.62. The normalized spacial score (nSPS) is 21.6. The third-order valence-electron chi connectivity index (χ3n) is 5.82. The second-order valence-corrected chi connectivity index (χ2v) is 8.11. The fourth-order valence-corrected chi connectivity index (χ4v) is 3.95. The number of fused-ring (bicyclic) bond motifs is 1. The van der Waals surface area contributed by atoms with Gasteiger partial charge in [-0.2, -0.15) is 0 Å². The SMILES string of the molecule is COCCC1(C(=O)O)CCN(Cc2ccc3c(c2)OCC3(C)C)CC1. The van der Waals surface area contributed by atoms with Gasteiger partial charge in [0.25, 0.3) is 0 Å². The molecule has 1 N–H and O–H groups in total. The Morgan fingerprint density at radius 3 is 2.68 bits per heavy atom. The van der Waals surface area contributed by atoms with Gasteiger partial charge in [0.1, 0.15) is 5.75 Å². The van der Waals surface area contributed by atoms with Gasteiger partial charge >= 0.3 is 5.97 Å². The van der Waals surface area contributed by atoms with Gasteiger partial charge in [0.05, 0.1) is 12.0 Å². The van der Waals surface area contributed by atoms with E-state index in [1.807, 2.05) is 0 Å². The number of carboxylic acid groups (broad SMARTS) is 1. The number of rotatable bonds is 6. The predicted molar refractivity (Wildman–Crippen MR) is 96.0 cm³/mol. The van der Waals surface area contributed by atoms with Gasteiger partial charge in [-0.15, -0.1) is 0 Å². The van der Waals surface area contributed by atoms with E-state index in [0.29, 0.717) is 25.9 Å². The molecule has 1 fully saturated rings. The summed E-state index contributed by atoms with van der Waals surface area (Å²) >= 11 is 0. The smallest absolute Gasteiger partial charge is 0.309 e. The summed E-state index contributed by atoms with van der Waals surface area (Å²) in [6, 6.07) is 6.51. The maximum Gasteiger partial charge on any atom is 0.309 e. The maximum absolute atomic E-state index is 11.7. The largest absolute Gasteiger partial charge is 0.492 e. The van der Waals surface area contributed by atoms with Crippen molar-refractivity contribution in [1.29, 1.82) is 0 Å². The number of aliphatic carboxylic acids is 1. The number of benzene rings is 1. The molecular formula is C20H29NO4. The maximum atomic E-state index is 11.7. The van der Waals surface area contributed by atoms with Crippen LogP contribution in [-0.2, 0) is 21.5 Å². The highest BCUT2D eigenvalue weighted by Gasteiger charge is 2.41. The minimum absolute atomic E-state index is 0.0847. The number of carbonyl (C=O) groups is 1. The number of likely N-dealkylation sites (tertiary alicyclic amines) is 1. The molecule has 5 heteroatoms. The van der Waals surface area contributed by atoms with Gasteiger partial charge in [0.15, 0.2) is 0 Å². The minimum atomic E-state index is -0.683. The van der Waals surface area contributed by atoms with Crippen molar-refractivity contribution in [2.75, 3.05) is 33.4 Å². The van der Waals surface area contributed by atoms with Crippen LogP contribution in [0.15, 0.2) is 18.2 Å². The molecule has 2 heterocycles. The number of nitrogens with zero attached hydrogens (tertiary/aromatic N) is 1. The van der Waals surface area contributed by atoms with E-state index in [4.69, 9.17) is 9.47 Å². The van der Waals surface area contributed by atoms with Gasteiger partial charge in [0.2, 0.25) is 0 Å². The number of hydrogen-bond acceptors (Lipinski definition) is 4. The molecule has 0 saturated carbocycles. The molecule has 2 aliphatic rings. The van der Waals surface area contributed by atoms with Crippen molar-refractivity contribution in [2.24, 2.45) is 5.41 Å². The lowest BCUT2D eigenvalue weighted by molar-refractivity contribution is -0.153. The molecule has 138 valence electrons. The average molecular weight is 347 g/mol. The zero-order valence-electron chi connectivity index (χ0n) is 15.5. The summed E-state index contributed by atoms with van der Waals surface area (Å²) < 4.78 is 11.0. The van der Waals surface area contributed by atoms with Crippen molar-refractivity contribution in [3.05, 3.63) is 29.3 Å². The number of piperidine rings is 1. The molecule has 5 nitrogen and oxygen atoms in total. The van der Waals surface area contributed by atoms with Crippen LogP contribution in [0, 0.1) is 5.41 Å². The van der Waals surface area contributed by atoms with Gasteiger partial charge in [-0.05, 0) is 44.0 Å². The second kappa shape index (κ2) is 6.96. The van der Waals surface area contributed by atoms with Crippen LogP contribution in [0.2, 0.25) is 0 Å². The first kappa shape index (κ1) is 18.2. The van der Waals surface area contributed by atoms with E-state index in [2.05, 4.69) is 36.9 Å². The molecule has 0 spiro atoms. The van der Waals surface area contributed by atoms with Crippen molar-refractivity contribution in [3.63, 3.8) is 0 Å². The molecular weight excluding hydrogens is 318 g/mol.